The molecular formula is C15H15FO2. The molecule has 18 heavy (non-hydrogen) atoms. The van der Waals surface area contributed by atoms with Gasteiger partial charge in [0, 0.05) is 0 Å². The molecule has 0 heterocycles. The van der Waals surface area contributed by atoms with Gasteiger partial charge in [-0.05, 0) is 48.9 Å². The van der Waals surface area contributed by atoms with Crippen molar-refractivity contribution in [3.8, 4) is 5.75 Å². The van der Waals surface area contributed by atoms with Crippen LogP contribution in [0.1, 0.15) is 13.8 Å². The van der Waals surface area contributed by atoms with Crippen molar-refractivity contribution in [1.29, 1.82) is 0 Å². The number of carbonyl (C=O) groups is 1. The molecule has 0 N–H and O–H groups in total. The van der Waals surface area contributed by atoms with Gasteiger partial charge in [-0.3, -0.25) is 0 Å². The first kappa shape index (κ1) is 12.6. The Kier molecular flexibility index (Phi) is 3.32. The highest BCUT2D eigenvalue weighted by molar-refractivity contribution is 5.83. The molecule has 2 aromatic rings. The van der Waals surface area contributed by atoms with E-state index in [1.54, 1.807) is 26.0 Å². The van der Waals surface area contributed by atoms with Gasteiger partial charge in [0.15, 0.2) is 0 Å². The molecule has 0 unspecified atom stereocenters. The van der Waals surface area contributed by atoms with E-state index in [1.165, 1.54) is 12.1 Å². The maximum absolute atomic E-state index is 13.1. The molecule has 0 aliphatic rings. The number of benzene rings is 2. The van der Waals surface area contributed by atoms with Crippen molar-refractivity contribution >= 4 is 17.1 Å². The van der Waals surface area contributed by atoms with E-state index in [9.17, 15) is 9.18 Å². The normalized spacial score (nSPS) is 11.5. The molecule has 0 saturated carbocycles. The molecule has 2 nitrogen and oxygen atoms in total. The van der Waals surface area contributed by atoms with Gasteiger partial charge in [0.05, 0.1) is 12.0 Å². The number of hydrogen-bond donors (Lipinski definition) is 0. The van der Waals surface area contributed by atoms with Crippen LogP contribution in [0.4, 0.5) is 4.39 Å². The Morgan fingerprint density at radius 3 is 2.61 bits per heavy atom. The Morgan fingerprint density at radius 2 is 1.89 bits per heavy atom. The lowest BCUT2D eigenvalue weighted by Crippen LogP contribution is -2.22. The number of fused-ring (bicyclic) bond motifs is 1. The van der Waals surface area contributed by atoms with Crippen LogP contribution in [0, 0.1) is 11.2 Å². The minimum absolute atomic E-state index is 0.270. The molecule has 3 heteroatoms. The Bertz CT molecular complexity index is 576. The number of carbonyl (C=O) groups excluding carboxylic acids is 1. The monoisotopic (exact) mass is 246 g/mol. The fourth-order valence-corrected chi connectivity index (χ4v) is 1.59. The Labute approximate surface area is 105 Å². The number of aldehydes is 1. The first-order valence-electron chi connectivity index (χ1n) is 5.79. The van der Waals surface area contributed by atoms with Gasteiger partial charge < -0.3 is 9.53 Å². The summed E-state index contributed by atoms with van der Waals surface area (Å²) in [5, 5.41) is 1.75. The molecule has 0 fully saturated rings. The Balaban J connectivity index is 2.22. The van der Waals surface area contributed by atoms with E-state index in [2.05, 4.69) is 0 Å². The second kappa shape index (κ2) is 4.77. The minimum Gasteiger partial charge on any atom is -0.493 e. The molecule has 0 bridgehead atoms. The van der Waals surface area contributed by atoms with Gasteiger partial charge in [-0.25, -0.2) is 4.39 Å². The Hall–Kier alpha value is -1.90. The van der Waals surface area contributed by atoms with Gasteiger partial charge in [-0.1, -0.05) is 12.1 Å². The number of hydrogen-bond acceptors (Lipinski definition) is 2. The maximum atomic E-state index is 13.1. The fraction of sp³-hybridized carbons (Fsp3) is 0.267. The van der Waals surface area contributed by atoms with Crippen LogP contribution in [0.5, 0.6) is 5.75 Å². The minimum atomic E-state index is -0.517. The molecule has 2 rings (SSSR count). The van der Waals surface area contributed by atoms with Crippen molar-refractivity contribution in [3.05, 3.63) is 42.2 Å². The number of ether oxygens (including phenoxy) is 1. The largest absolute Gasteiger partial charge is 0.493 e. The molecule has 0 aliphatic carbocycles. The van der Waals surface area contributed by atoms with E-state index >= 15 is 0 Å². The quantitative estimate of drug-likeness (QED) is 0.771. The van der Waals surface area contributed by atoms with Crippen molar-refractivity contribution in [2.45, 2.75) is 13.8 Å². The zero-order valence-corrected chi connectivity index (χ0v) is 10.4. The second-order valence-electron chi connectivity index (χ2n) is 5.05. The average molecular weight is 246 g/mol. The molecule has 2 aromatic carbocycles. The standard InChI is InChI=1S/C15H15FO2/c1-15(2,9-17)10-18-14-6-4-11-3-5-13(16)7-12(11)8-14/h3-9H,10H2,1-2H3. The van der Waals surface area contributed by atoms with Crippen molar-refractivity contribution in [3.63, 3.8) is 0 Å². The van der Waals surface area contributed by atoms with Crippen LogP contribution in [-0.2, 0) is 4.79 Å². The van der Waals surface area contributed by atoms with E-state index < -0.39 is 5.41 Å². The predicted molar refractivity (Wildman–Crippen MR) is 69.2 cm³/mol. The summed E-state index contributed by atoms with van der Waals surface area (Å²) < 4.78 is 18.7. The smallest absolute Gasteiger partial charge is 0.128 e. The van der Waals surface area contributed by atoms with Crippen LogP contribution >= 0.6 is 0 Å². The third kappa shape index (κ3) is 2.86. The van der Waals surface area contributed by atoms with Crippen molar-refractivity contribution < 1.29 is 13.9 Å². The van der Waals surface area contributed by atoms with Crippen LogP contribution < -0.4 is 4.74 Å². The van der Waals surface area contributed by atoms with E-state index in [0.717, 1.165) is 17.1 Å². The third-order valence-corrected chi connectivity index (χ3v) is 2.70. The molecule has 94 valence electrons. The molecule has 0 aliphatic heterocycles. The van der Waals surface area contributed by atoms with Gasteiger partial charge in [-0.2, -0.15) is 0 Å². The summed E-state index contributed by atoms with van der Waals surface area (Å²) in [7, 11) is 0. The van der Waals surface area contributed by atoms with Crippen LogP contribution in [-0.4, -0.2) is 12.9 Å². The van der Waals surface area contributed by atoms with Crippen LogP contribution in [0.25, 0.3) is 10.8 Å². The lowest BCUT2D eigenvalue weighted by Gasteiger charge is -2.17. The van der Waals surface area contributed by atoms with Crippen molar-refractivity contribution in [1.82, 2.24) is 0 Å². The van der Waals surface area contributed by atoms with Gasteiger partial charge >= 0.3 is 0 Å². The molecule has 0 saturated heterocycles. The van der Waals surface area contributed by atoms with E-state index in [-0.39, 0.29) is 5.82 Å². The van der Waals surface area contributed by atoms with Gasteiger partial charge in [0.1, 0.15) is 17.9 Å². The van der Waals surface area contributed by atoms with Gasteiger partial charge in [-0.15, -0.1) is 0 Å². The highest BCUT2D eigenvalue weighted by Crippen LogP contribution is 2.23. The van der Waals surface area contributed by atoms with Crippen LogP contribution in [0.3, 0.4) is 0 Å². The second-order valence-corrected chi connectivity index (χ2v) is 5.05. The summed E-state index contributed by atoms with van der Waals surface area (Å²) >= 11 is 0. The Morgan fingerprint density at radius 1 is 1.17 bits per heavy atom. The lowest BCUT2D eigenvalue weighted by molar-refractivity contribution is -0.116. The van der Waals surface area contributed by atoms with Crippen molar-refractivity contribution in [2.24, 2.45) is 5.41 Å². The maximum Gasteiger partial charge on any atom is 0.128 e. The molecule has 0 aromatic heterocycles. The van der Waals surface area contributed by atoms with Crippen LogP contribution in [0.15, 0.2) is 36.4 Å². The topological polar surface area (TPSA) is 26.3 Å². The lowest BCUT2D eigenvalue weighted by atomic mass is 9.98. The highest BCUT2D eigenvalue weighted by atomic mass is 19.1. The van der Waals surface area contributed by atoms with Gasteiger partial charge in [0.25, 0.3) is 0 Å². The summed E-state index contributed by atoms with van der Waals surface area (Å²) in [6.45, 7) is 3.92. The summed E-state index contributed by atoms with van der Waals surface area (Å²) in [6.07, 6.45) is 0.869. The predicted octanol–water partition coefficient (Wildman–Crippen LogP) is 3.58. The van der Waals surface area contributed by atoms with E-state index in [0.29, 0.717) is 12.4 Å². The average Bonchev–Trinajstić information content (AvgIpc) is 2.36. The zero-order chi connectivity index (χ0) is 13.2. The summed E-state index contributed by atoms with van der Waals surface area (Å²) in [4.78, 5) is 10.8. The first-order valence-corrected chi connectivity index (χ1v) is 5.79. The van der Waals surface area contributed by atoms with E-state index in [1.807, 2.05) is 12.1 Å². The fourth-order valence-electron chi connectivity index (χ4n) is 1.59. The first-order chi connectivity index (χ1) is 8.50. The molecule has 0 spiro atoms. The van der Waals surface area contributed by atoms with Crippen molar-refractivity contribution in [2.75, 3.05) is 6.61 Å². The SMILES string of the molecule is CC(C)(C=O)COc1ccc2ccc(F)cc2c1. The van der Waals surface area contributed by atoms with E-state index in [4.69, 9.17) is 4.74 Å². The highest BCUT2D eigenvalue weighted by Gasteiger charge is 2.17. The molecular weight excluding hydrogens is 231 g/mol. The molecule has 0 radical (unpaired) electrons. The zero-order valence-electron chi connectivity index (χ0n) is 10.4. The summed E-state index contributed by atoms with van der Waals surface area (Å²) in [5.41, 5.74) is -0.517. The molecule has 0 atom stereocenters. The third-order valence-electron chi connectivity index (χ3n) is 2.70. The van der Waals surface area contributed by atoms with Crippen LogP contribution in [0.2, 0.25) is 0 Å². The summed E-state index contributed by atoms with van der Waals surface area (Å²) in [5.74, 6) is 0.371. The number of rotatable bonds is 4. The molecule has 0 amide bonds. The number of halogens is 1. The summed E-state index contributed by atoms with van der Waals surface area (Å²) in [6, 6.07) is 10.1. The van der Waals surface area contributed by atoms with Gasteiger partial charge in [0.2, 0.25) is 0 Å².